The van der Waals surface area contributed by atoms with Crippen molar-refractivity contribution in [2.24, 2.45) is 0 Å². The van der Waals surface area contributed by atoms with Crippen LogP contribution in [-0.4, -0.2) is 58.1 Å². The molecule has 0 aliphatic rings. The van der Waals surface area contributed by atoms with Gasteiger partial charge in [0.25, 0.3) is 11.8 Å². The zero-order valence-electron chi connectivity index (χ0n) is 19.8. The van der Waals surface area contributed by atoms with E-state index in [1.165, 1.54) is 23.0 Å². The summed E-state index contributed by atoms with van der Waals surface area (Å²) in [5, 5.41) is 18.2. The quantitative estimate of drug-likeness (QED) is 0.262. The molecule has 0 atom stereocenters. The Morgan fingerprint density at radius 1 is 1.00 bits per heavy atom. The molecule has 3 N–H and O–H groups in total. The molecule has 0 saturated carbocycles. The summed E-state index contributed by atoms with van der Waals surface area (Å²) >= 11 is 6.17. The van der Waals surface area contributed by atoms with Crippen LogP contribution in [0.4, 0.5) is 14.6 Å². The summed E-state index contributed by atoms with van der Waals surface area (Å²) in [6.45, 7) is 0.387. The average molecular weight is 542 g/mol. The lowest BCUT2D eigenvalue weighted by molar-refractivity contribution is 0.0834. The number of aliphatic hydroxyl groups excluding tert-OH is 1. The van der Waals surface area contributed by atoms with Crippen LogP contribution in [0.3, 0.4) is 0 Å². The largest absolute Gasteiger partial charge is 0.394 e. The number of nitrogens with one attached hydrogen (secondary N) is 2. The van der Waals surface area contributed by atoms with Crippen LogP contribution in [0.15, 0.2) is 66.9 Å². The molecule has 2 heterocycles. The first-order chi connectivity index (χ1) is 18.4. The molecule has 0 bridgehead atoms. The molecule has 9 nitrogen and oxygen atoms in total. The van der Waals surface area contributed by atoms with Crippen LogP contribution >= 0.6 is 11.6 Å². The van der Waals surface area contributed by atoms with Gasteiger partial charge in [-0.25, -0.2) is 13.5 Å². The number of ether oxygens (including phenoxy) is 1. The molecule has 0 aliphatic carbocycles. The third-order valence-corrected chi connectivity index (χ3v) is 5.58. The maximum Gasteiger partial charge on any atom is 0.271 e. The van der Waals surface area contributed by atoms with E-state index in [2.05, 4.69) is 20.7 Å². The summed E-state index contributed by atoms with van der Waals surface area (Å²) in [5.41, 5.74) is -0.0898. The maximum absolute atomic E-state index is 14.6. The third kappa shape index (κ3) is 6.20. The first-order valence-corrected chi connectivity index (χ1v) is 11.8. The van der Waals surface area contributed by atoms with Gasteiger partial charge in [-0.3, -0.25) is 14.6 Å². The second-order valence-corrected chi connectivity index (χ2v) is 8.26. The number of para-hydroxylation sites is 1. The van der Waals surface area contributed by atoms with E-state index in [1.54, 1.807) is 30.3 Å². The number of nitrogens with zero attached hydrogens (tertiary/aromatic N) is 3. The van der Waals surface area contributed by atoms with E-state index >= 15 is 0 Å². The Kier molecular flexibility index (Phi) is 8.74. The maximum atomic E-state index is 14.6. The SMILES string of the molecule is O=C(NCCOCCO)c1cc(NC(=O)c2cc(-c3ncccc3F)c(F)cc2Cl)n(-c2ccccc2)n1. The molecule has 2 aromatic carbocycles. The highest BCUT2D eigenvalue weighted by Crippen LogP contribution is 2.30. The predicted molar refractivity (Wildman–Crippen MR) is 136 cm³/mol. The molecule has 0 saturated heterocycles. The highest BCUT2D eigenvalue weighted by molar-refractivity contribution is 6.34. The van der Waals surface area contributed by atoms with Gasteiger partial charge in [-0.1, -0.05) is 29.8 Å². The Morgan fingerprint density at radius 2 is 1.79 bits per heavy atom. The van der Waals surface area contributed by atoms with Crippen molar-refractivity contribution in [3.63, 3.8) is 0 Å². The molecular weight excluding hydrogens is 520 g/mol. The highest BCUT2D eigenvalue weighted by atomic mass is 35.5. The van der Waals surface area contributed by atoms with Crippen molar-refractivity contribution in [3.05, 3.63) is 94.8 Å². The van der Waals surface area contributed by atoms with Gasteiger partial charge in [0.2, 0.25) is 0 Å². The Balaban J connectivity index is 1.63. The summed E-state index contributed by atoms with van der Waals surface area (Å²) in [6, 6.07) is 14.6. The normalized spacial score (nSPS) is 10.8. The minimum Gasteiger partial charge on any atom is -0.394 e. The van der Waals surface area contributed by atoms with Crippen LogP contribution < -0.4 is 10.6 Å². The Hall–Kier alpha value is -4.19. The molecule has 2 amide bonds. The van der Waals surface area contributed by atoms with Crippen LogP contribution in [-0.2, 0) is 4.74 Å². The molecule has 0 aliphatic heterocycles. The van der Waals surface area contributed by atoms with Crippen LogP contribution in [0.2, 0.25) is 5.02 Å². The van der Waals surface area contributed by atoms with Gasteiger partial charge in [0.05, 0.1) is 36.1 Å². The first-order valence-electron chi connectivity index (χ1n) is 11.4. The number of hydrogen-bond donors (Lipinski definition) is 3. The van der Waals surface area contributed by atoms with Gasteiger partial charge in [-0.2, -0.15) is 5.10 Å². The fraction of sp³-hybridized carbons (Fsp3) is 0.154. The molecule has 2 aromatic heterocycles. The van der Waals surface area contributed by atoms with E-state index in [1.807, 2.05) is 0 Å². The number of pyridine rings is 1. The molecular formula is C26H22ClF2N5O4. The number of carbonyl (C=O) groups excluding carboxylic acids is 2. The Labute approximate surface area is 221 Å². The van der Waals surface area contributed by atoms with Crippen molar-refractivity contribution in [2.45, 2.75) is 0 Å². The number of halogens is 3. The molecule has 38 heavy (non-hydrogen) atoms. The van der Waals surface area contributed by atoms with Crippen LogP contribution in [0, 0.1) is 11.6 Å². The van der Waals surface area contributed by atoms with Gasteiger partial charge in [0.1, 0.15) is 23.1 Å². The van der Waals surface area contributed by atoms with E-state index in [4.69, 9.17) is 21.4 Å². The molecule has 0 spiro atoms. The molecule has 4 aromatic rings. The molecule has 4 rings (SSSR count). The number of rotatable bonds is 10. The zero-order valence-corrected chi connectivity index (χ0v) is 20.6. The standard InChI is InChI=1S/C26H22ClF2N5O4/c27-19-14-21(29)18(24-20(28)7-4-8-30-24)13-17(19)25(36)32-23-15-22(26(37)31-9-11-38-12-10-35)33-34(23)16-5-2-1-3-6-16/h1-8,13-15,35H,9-12H2,(H,31,37)(H,32,36). The Bertz CT molecular complexity index is 1450. The van der Waals surface area contributed by atoms with Crippen LogP contribution in [0.25, 0.3) is 16.9 Å². The monoisotopic (exact) mass is 541 g/mol. The number of anilines is 1. The van der Waals surface area contributed by atoms with Gasteiger partial charge in [0, 0.05) is 24.4 Å². The van der Waals surface area contributed by atoms with Gasteiger partial charge < -0.3 is 20.5 Å². The summed E-state index contributed by atoms with van der Waals surface area (Å²) in [4.78, 5) is 29.8. The number of benzene rings is 2. The van der Waals surface area contributed by atoms with Crippen molar-refractivity contribution in [1.29, 1.82) is 0 Å². The van der Waals surface area contributed by atoms with E-state index in [9.17, 15) is 18.4 Å². The lowest BCUT2D eigenvalue weighted by Crippen LogP contribution is -2.28. The number of hydrogen-bond acceptors (Lipinski definition) is 6. The second kappa shape index (κ2) is 12.4. The minimum absolute atomic E-state index is 0.00719. The summed E-state index contributed by atoms with van der Waals surface area (Å²) in [6.07, 6.45) is 1.30. The lowest BCUT2D eigenvalue weighted by atomic mass is 10.1. The number of carbonyl (C=O) groups is 2. The fourth-order valence-electron chi connectivity index (χ4n) is 3.51. The van der Waals surface area contributed by atoms with Gasteiger partial charge in [-0.15, -0.1) is 0 Å². The van der Waals surface area contributed by atoms with Crippen molar-refractivity contribution in [1.82, 2.24) is 20.1 Å². The lowest BCUT2D eigenvalue weighted by Gasteiger charge is -2.11. The first kappa shape index (κ1) is 26.9. The van der Waals surface area contributed by atoms with E-state index in [-0.39, 0.29) is 59.7 Å². The summed E-state index contributed by atoms with van der Waals surface area (Å²) in [7, 11) is 0. The topological polar surface area (TPSA) is 118 Å². The average Bonchev–Trinajstić information content (AvgIpc) is 3.33. The minimum atomic E-state index is -0.847. The second-order valence-electron chi connectivity index (χ2n) is 7.85. The molecule has 0 unspecified atom stereocenters. The van der Waals surface area contributed by atoms with Gasteiger partial charge in [-0.05, 0) is 36.4 Å². The number of amides is 2. The van der Waals surface area contributed by atoms with E-state index in [0.717, 1.165) is 18.2 Å². The van der Waals surface area contributed by atoms with Gasteiger partial charge in [0.15, 0.2) is 5.69 Å². The van der Waals surface area contributed by atoms with Gasteiger partial charge >= 0.3 is 0 Å². The summed E-state index contributed by atoms with van der Waals surface area (Å²) < 4.78 is 35.4. The smallest absolute Gasteiger partial charge is 0.271 e. The zero-order chi connectivity index (χ0) is 27.1. The van der Waals surface area contributed by atoms with Crippen molar-refractivity contribution >= 4 is 29.2 Å². The van der Waals surface area contributed by atoms with E-state index < -0.39 is 23.4 Å². The van der Waals surface area contributed by atoms with E-state index in [0.29, 0.717) is 5.69 Å². The van der Waals surface area contributed by atoms with Crippen LogP contribution in [0.5, 0.6) is 0 Å². The Morgan fingerprint density at radius 3 is 2.53 bits per heavy atom. The third-order valence-electron chi connectivity index (χ3n) is 5.27. The number of aromatic nitrogens is 3. The fourth-order valence-corrected chi connectivity index (χ4v) is 3.75. The molecule has 0 fully saturated rings. The highest BCUT2D eigenvalue weighted by Gasteiger charge is 2.22. The number of aliphatic hydroxyl groups is 1. The van der Waals surface area contributed by atoms with Crippen LogP contribution in [0.1, 0.15) is 20.8 Å². The molecule has 0 radical (unpaired) electrons. The molecule has 196 valence electrons. The summed E-state index contributed by atoms with van der Waals surface area (Å²) in [5.74, 6) is -2.74. The van der Waals surface area contributed by atoms with Crippen molar-refractivity contribution < 1.29 is 28.2 Å². The predicted octanol–water partition coefficient (Wildman–Crippen LogP) is 3.86. The van der Waals surface area contributed by atoms with Crippen molar-refractivity contribution in [2.75, 3.05) is 31.7 Å². The van der Waals surface area contributed by atoms with Crippen molar-refractivity contribution in [3.8, 4) is 16.9 Å². The molecule has 12 heteroatoms.